The van der Waals surface area contributed by atoms with Crippen molar-refractivity contribution in [1.82, 2.24) is 10.6 Å². The largest absolute Gasteiger partial charge is 0.497 e. The summed E-state index contributed by atoms with van der Waals surface area (Å²) in [6.07, 6.45) is 0. The second kappa shape index (κ2) is 7.55. The molecule has 16 nitrogen and oxygen atoms in total. The molecule has 26 heavy (non-hydrogen) atoms. The van der Waals surface area contributed by atoms with Crippen LogP contribution in [-0.2, 0) is 0 Å². The van der Waals surface area contributed by atoms with E-state index in [9.17, 15) is 45.0 Å². The molecule has 0 spiro atoms. The van der Waals surface area contributed by atoms with Gasteiger partial charge >= 0.3 is 29.1 Å². The number of nitro benzene ring substituents is 3. The molecule has 1 aromatic carbocycles. The predicted molar refractivity (Wildman–Crippen MR) is 84.2 cm³/mol. The minimum atomic E-state index is -1.59. The van der Waals surface area contributed by atoms with Crippen molar-refractivity contribution in [3.05, 3.63) is 30.3 Å². The van der Waals surface area contributed by atoms with Gasteiger partial charge in [0.1, 0.15) is 0 Å². The van der Waals surface area contributed by atoms with Crippen molar-refractivity contribution in [2.45, 2.75) is 0 Å². The topological polar surface area (TPSA) is 232 Å². The first kappa shape index (κ1) is 19.8. The van der Waals surface area contributed by atoms with Crippen molar-refractivity contribution >= 4 is 40.5 Å². The number of carbonyl (C=O) groups is 2. The minimum absolute atomic E-state index is 1.09. The molecular formula is C10H11N7O9. The molecule has 4 amide bonds. The molecule has 0 heterocycles. The van der Waals surface area contributed by atoms with Gasteiger partial charge in [-0.15, -0.1) is 0 Å². The fraction of sp³-hybridized carbons (Fsp3) is 0.200. The van der Waals surface area contributed by atoms with E-state index in [1.165, 1.54) is 0 Å². The number of nitro groups is 3. The zero-order valence-corrected chi connectivity index (χ0v) is 13.1. The summed E-state index contributed by atoms with van der Waals surface area (Å²) >= 11 is 0. The highest BCUT2D eigenvalue weighted by molar-refractivity contribution is 6.06. The van der Waals surface area contributed by atoms with Crippen molar-refractivity contribution in [3.8, 4) is 5.75 Å². The van der Waals surface area contributed by atoms with Crippen LogP contribution in [0, 0.1) is 30.3 Å². The number of urea groups is 2. The highest BCUT2D eigenvalue weighted by Crippen LogP contribution is 2.53. The molecule has 0 aliphatic heterocycles. The summed E-state index contributed by atoms with van der Waals surface area (Å²) in [5, 5.41) is 51.1. The Bertz CT molecular complexity index is 765. The lowest BCUT2D eigenvalue weighted by molar-refractivity contribution is -0.401. The van der Waals surface area contributed by atoms with Crippen LogP contribution in [0.2, 0.25) is 0 Å². The minimum Gasteiger partial charge on any atom is -0.497 e. The monoisotopic (exact) mass is 373 g/mol. The number of phenols is 1. The molecule has 140 valence electrons. The van der Waals surface area contributed by atoms with Crippen LogP contribution in [0.5, 0.6) is 5.75 Å². The van der Waals surface area contributed by atoms with Crippen molar-refractivity contribution in [2.75, 3.05) is 24.7 Å². The molecule has 0 unspecified atom stereocenters. The second-order valence-electron chi connectivity index (χ2n) is 4.32. The number of anilines is 2. The van der Waals surface area contributed by atoms with Crippen LogP contribution in [0.1, 0.15) is 0 Å². The summed E-state index contributed by atoms with van der Waals surface area (Å²) in [4.78, 5) is 52.7. The van der Waals surface area contributed by atoms with Gasteiger partial charge in [-0.1, -0.05) is 0 Å². The number of hydrogen-bond donors (Lipinski definition) is 5. The number of phenolic OH excluding ortho intramolecular Hbond substituents is 1. The van der Waals surface area contributed by atoms with Crippen molar-refractivity contribution in [2.24, 2.45) is 0 Å². The van der Waals surface area contributed by atoms with Gasteiger partial charge in [0.25, 0.3) is 5.75 Å². The van der Waals surface area contributed by atoms with Gasteiger partial charge in [0, 0.05) is 14.1 Å². The molecule has 0 saturated heterocycles. The van der Waals surface area contributed by atoms with Crippen molar-refractivity contribution in [1.29, 1.82) is 0 Å². The Kier molecular flexibility index (Phi) is 5.75. The van der Waals surface area contributed by atoms with Crippen LogP contribution in [0.3, 0.4) is 0 Å². The third-order valence-electron chi connectivity index (χ3n) is 2.87. The van der Waals surface area contributed by atoms with E-state index in [4.69, 9.17) is 0 Å². The first-order chi connectivity index (χ1) is 12.1. The van der Waals surface area contributed by atoms with Gasteiger partial charge in [-0.05, 0) is 0 Å². The second-order valence-corrected chi connectivity index (χ2v) is 4.32. The van der Waals surface area contributed by atoms with Gasteiger partial charge in [-0.25, -0.2) is 9.59 Å². The summed E-state index contributed by atoms with van der Waals surface area (Å²) in [5.74, 6) is -1.59. The maximum atomic E-state index is 11.5. The van der Waals surface area contributed by atoms with Gasteiger partial charge < -0.3 is 15.7 Å². The number of nitrogens with one attached hydrogen (secondary N) is 4. The zero-order chi connectivity index (χ0) is 20.2. The molecule has 0 atom stereocenters. The lowest BCUT2D eigenvalue weighted by atomic mass is 10.1. The quantitative estimate of drug-likeness (QED) is 0.359. The van der Waals surface area contributed by atoms with Crippen LogP contribution in [0.15, 0.2) is 0 Å². The molecule has 0 radical (unpaired) electrons. The van der Waals surface area contributed by atoms with E-state index in [1.807, 2.05) is 10.6 Å². The fourth-order valence-corrected chi connectivity index (χ4v) is 1.83. The Morgan fingerprint density at radius 2 is 1.08 bits per heavy atom. The molecule has 0 saturated carbocycles. The average Bonchev–Trinajstić information content (AvgIpc) is 2.53. The maximum Gasteiger partial charge on any atom is 0.348 e. The third kappa shape index (κ3) is 3.63. The summed E-state index contributed by atoms with van der Waals surface area (Å²) in [7, 11) is 2.17. The molecule has 1 rings (SSSR count). The first-order valence-electron chi connectivity index (χ1n) is 6.40. The summed E-state index contributed by atoms with van der Waals surface area (Å²) in [6.45, 7) is 0. The smallest absolute Gasteiger partial charge is 0.348 e. The number of rotatable bonds is 5. The fourth-order valence-electron chi connectivity index (χ4n) is 1.83. The van der Waals surface area contributed by atoms with E-state index in [2.05, 4.69) is 0 Å². The van der Waals surface area contributed by atoms with Gasteiger partial charge in [-0.3, -0.25) is 41.0 Å². The van der Waals surface area contributed by atoms with Gasteiger partial charge in [0.2, 0.25) is 11.4 Å². The lowest BCUT2D eigenvalue weighted by Crippen LogP contribution is -2.27. The van der Waals surface area contributed by atoms with Crippen molar-refractivity contribution < 1.29 is 29.5 Å². The van der Waals surface area contributed by atoms with Crippen LogP contribution < -0.4 is 21.3 Å². The standard InChI is InChI=1S/C10H11N7O9/c1-11-9(19)13-3-5(15(21)22)4(14-10(20)12-2)7(17(25)26)8(18)6(3)16(23)24/h18H,1-2H3,(H2,11,13,19)(H2,12,14,20). The Hall–Kier alpha value is -4.24. The lowest BCUT2D eigenvalue weighted by Gasteiger charge is -2.12. The molecule has 0 fully saturated rings. The van der Waals surface area contributed by atoms with Gasteiger partial charge in [0.15, 0.2) is 0 Å². The number of nitrogens with zero attached hydrogens (tertiary/aromatic N) is 3. The summed E-state index contributed by atoms with van der Waals surface area (Å²) in [5.41, 5.74) is -6.67. The Morgan fingerprint density at radius 3 is 1.31 bits per heavy atom. The molecule has 1 aromatic rings. The van der Waals surface area contributed by atoms with Crippen molar-refractivity contribution in [3.63, 3.8) is 0 Å². The van der Waals surface area contributed by atoms with Crippen LogP contribution in [-0.4, -0.2) is 46.0 Å². The van der Waals surface area contributed by atoms with Crippen LogP contribution in [0.4, 0.5) is 38.0 Å². The highest BCUT2D eigenvalue weighted by atomic mass is 16.6. The van der Waals surface area contributed by atoms with E-state index < -0.39 is 61.0 Å². The molecule has 0 aliphatic carbocycles. The number of amides is 4. The molecule has 0 aromatic heterocycles. The molecular weight excluding hydrogens is 362 g/mol. The zero-order valence-electron chi connectivity index (χ0n) is 13.1. The molecule has 16 heteroatoms. The molecule has 0 bridgehead atoms. The number of carbonyl (C=O) groups excluding carboxylic acids is 2. The van der Waals surface area contributed by atoms with Crippen LogP contribution in [0.25, 0.3) is 0 Å². The number of benzene rings is 1. The number of aromatic hydroxyl groups is 1. The van der Waals surface area contributed by atoms with E-state index in [-0.39, 0.29) is 0 Å². The maximum absolute atomic E-state index is 11.5. The van der Waals surface area contributed by atoms with E-state index >= 15 is 0 Å². The van der Waals surface area contributed by atoms with E-state index in [0.29, 0.717) is 0 Å². The highest BCUT2D eigenvalue weighted by Gasteiger charge is 2.43. The normalized spacial score (nSPS) is 9.77. The Balaban J connectivity index is 4.06. The predicted octanol–water partition coefficient (Wildman–Crippen LogP) is 0.619. The van der Waals surface area contributed by atoms with Gasteiger partial charge in [0.05, 0.1) is 14.8 Å². The van der Waals surface area contributed by atoms with Crippen LogP contribution >= 0.6 is 0 Å². The van der Waals surface area contributed by atoms with E-state index in [1.54, 1.807) is 10.6 Å². The van der Waals surface area contributed by atoms with Gasteiger partial charge in [-0.2, -0.15) is 0 Å². The molecule has 0 aliphatic rings. The Labute approximate surface area is 142 Å². The average molecular weight is 373 g/mol. The summed E-state index contributed by atoms with van der Waals surface area (Å²) < 4.78 is 0. The SMILES string of the molecule is CNC(=O)Nc1c([N+](=O)[O-])c(O)c([N+](=O)[O-])c(NC(=O)NC)c1[N+](=O)[O-]. The third-order valence-corrected chi connectivity index (χ3v) is 2.87. The summed E-state index contributed by atoms with van der Waals surface area (Å²) in [6, 6.07) is -2.31. The number of hydrogen-bond acceptors (Lipinski definition) is 9. The first-order valence-corrected chi connectivity index (χ1v) is 6.40. The van der Waals surface area contributed by atoms with E-state index in [0.717, 1.165) is 14.1 Å². The molecule has 5 N–H and O–H groups in total. The Morgan fingerprint density at radius 1 is 0.769 bits per heavy atom.